The molecule has 9 heteroatoms. The Balaban J connectivity index is 0.953. The standard InChI is InChI=1S/C71H48N6O2Si/c1-45-21-17-35-59-66(45)72-69-75(56-33-12-13-34-57(56)76(59)69)48-41-42-58-61(44-48)77-60-36-18-22-46(2)67(60)73-70(77)74(58)47-23-19-28-51(43-47)80(49-24-5-3-6-25-49,50-26-7-4-8-27-50)65-40-20-32-55-68(65)79-64-39-16-11-31-54(64)71(55)52-29-9-14-37-62(52)78-63-38-15-10-30-53(63)71/h3-44H,1-2H3/i1D3,2D3. The maximum Gasteiger partial charge on any atom is 0.220 e. The lowest BCUT2D eigenvalue weighted by Crippen LogP contribution is -2.75. The first-order valence-corrected chi connectivity index (χ1v) is 28.8. The first-order chi connectivity index (χ1) is 41.9. The molecule has 2 aliphatic rings. The van der Waals surface area contributed by atoms with Gasteiger partial charge in [0.25, 0.3) is 0 Å². The Labute approximate surface area is 469 Å². The van der Waals surface area contributed by atoms with Crippen LogP contribution >= 0.6 is 0 Å². The van der Waals surface area contributed by atoms with Crippen molar-refractivity contribution in [3.8, 4) is 34.4 Å². The van der Waals surface area contributed by atoms with Crippen molar-refractivity contribution in [3.63, 3.8) is 0 Å². The van der Waals surface area contributed by atoms with Crippen LogP contribution in [-0.2, 0) is 5.41 Å². The molecule has 17 rings (SSSR count). The quantitative estimate of drug-likeness (QED) is 0.123. The molecule has 0 amide bonds. The molecule has 1 spiro atoms. The fourth-order valence-electron chi connectivity index (χ4n) is 13.7. The summed E-state index contributed by atoms with van der Waals surface area (Å²) in [4.78, 5) is 10.5. The lowest BCUT2D eigenvalue weighted by atomic mass is 9.62. The molecule has 8 nitrogen and oxygen atoms in total. The van der Waals surface area contributed by atoms with E-state index in [1.807, 2.05) is 59.0 Å². The van der Waals surface area contributed by atoms with Gasteiger partial charge in [-0.3, -0.25) is 17.9 Å². The van der Waals surface area contributed by atoms with Crippen molar-refractivity contribution in [2.24, 2.45) is 0 Å². The van der Waals surface area contributed by atoms with Gasteiger partial charge < -0.3 is 9.47 Å². The Morgan fingerprint density at radius 1 is 0.375 bits per heavy atom. The van der Waals surface area contributed by atoms with Crippen LogP contribution in [0.5, 0.6) is 23.0 Å². The van der Waals surface area contributed by atoms with Crippen molar-refractivity contribution >= 4 is 84.5 Å². The zero-order chi connectivity index (χ0) is 57.8. The van der Waals surface area contributed by atoms with E-state index in [9.17, 15) is 0 Å². The van der Waals surface area contributed by atoms with Crippen molar-refractivity contribution in [2.45, 2.75) is 19.1 Å². The van der Waals surface area contributed by atoms with E-state index in [0.29, 0.717) is 33.6 Å². The summed E-state index contributed by atoms with van der Waals surface area (Å²) in [6.07, 6.45) is 0. The van der Waals surface area contributed by atoms with E-state index < -0.39 is 27.2 Å². The second-order valence-corrected chi connectivity index (χ2v) is 24.6. The minimum absolute atomic E-state index is 0.151. The van der Waals surface area contributed by atoms with E-state index in [1.54, 1.807) is 24.3 Å². The number of aryl methyl sites for hydroxylation is 2. The molecule has 0 bridgehead atoms. The van der Waals surface area contributed by atoms with Crippen LogP contribution in [0.25, 0.3) is 67.1 Å². The van der Waals surface area contributed by atoms with E-state index in [1.165, 1.54) is 0 Å². The van der Waals surface area contributed by atoms with Crippen molar-refractivity contribution in [3.05, 3.63) is 288 Å². The molecule has 0 unspecified atom stereocenters. The van der Waals surface area contributed by atoms with Crippen molar-refractivity contribution in [1.29, 1.82) is 0 Å². The summed E-state index contributed by atoms with van der Waals surface area (Å²) in [5.41, 5.74) is 10.6. The third kappa shape index (κ3) is 5.88. The minimum Gasteiger partial charge on any atom is -0.457 e. The van der Waals surface area contributed by atoms with E-state index in [2.05, 4.69) is 189 Å². The number of hydrogen-bond acceptors (Lipinski definition) is 4. The highest BCUT2D eigenvalue weighted by Crippen LogP contribution is 2.61. The average Bonchev–Trinajstić information content (AvgIpc) is 0.851. The smallest absolute Gasteiger partial charge is 0.220 e. The van der Waals surface area contributed by atoms with Gasteiger partial charge in [-0.2, -0.15) is 0 Å². The summed E-state index contributed by atoms with van der Waals surface area (Å²) in [6.45, 7) is -4.85. The van der Waals surface area contributed by atoms with Gasteiger partial charge in [-0.1, -0.05) is 182 Å². The zero-order valence-corrected chi connectivity index (χ0v) is 43.7. The van der Waals surface area contributed by atoms with Crippen LogP contribution in [0.2, 0.25) is 0 Å². The molecule has 11 aromatic carbocycles. The van der Waals surface area contributed by atoms with Crippen LogP contribution in [-0.4, -0.2) is 36.0 Å². The van der Waals surface area contributed by atoms with Gasteiger partial charge >= 0.3 is 0 Å². The van der Waals surface area contributed by atoms with Gasteiger partial charge in [-0.05, 0) is 118 Å². The maximum atomic E-state index is 8.75. The highest BCUT2D eigenvalue weighted by Gasteiger charge is 2.53. The third-order valence-corrected chi connectivity index (χ3v) is 21.7. The molecule has 4 aromatic heterocycles. The van der Waals surface area contributed by atoms with Crippen LogP contribution in [0.3, 0.4) is 0 Å². The summed E-state index contributed by atoms with van der Waals surface area (Å²) in [5.74, 6) is 4.19. The molecule has 0 N–H and O–H groups in total. The van der Waals surface area contributed by atoms with Crippen LogP contribution < -0.4 is 30.2 Å². The third-order valence-electron chi connectivity index (χ3n) is 16.9. The molecule has 0 saturated heterocycles. The van der Waals surface area contributed by atoms with Crippen molar-refractivity contribution in [1.82, 2.24) is 27.9 Å². The number of nitrogens with zero attached hydrogens (tertiary/aromatic N) is 6. The summed E-state index contributed by atoms with van der Waals surface area (Å²) in [7, 11) is -3.56. The Morgan fingerprint density at radius 2 is 0.838 bits per heavy atom. The maximum absolute atomic E-state index is 8.75. The van der Waals surface area contributed by atoms with Gasteiger partial charge in [0.1, 0.15) is 23.0 Å². The number of imidazole rings is 4. The largest absolute Gasteiger partial charge is 0.457 e. The van der Waals surface area contributed by atoms with Crippen LogP contribution in [0.4, 0.5) is 0 Å². The highest BCUT2D eigenvalue weighted by atomic mass is 28.3. The van der Waals surface area contributed by atoms with Crippen LogP contribution in [0.1, 0.15) is 41.6 Å². The molecule has 0 atom stereocenters. The van der Waals surface area contributed by atoms with Gasteiger partial charge in [0.2, 0.25) is 11.6 Å². The number of rotatable bonds is 6. The predicted octanol–water partition coefficient (Wildman–Crippen LogP) is 13.8. The second kappa shape index (κ2) is 16.6. The van der Waals surface area contributed by atoms with Crippen molar-refractivity contribution < 1.29 is 17.7 Å². The Hall–Kier alpha value is -10.2. The Morgan fingerprint density at radius 3 is 1.45 bits per heavy atom. The van der Waals surface area contributed by atoms with Gasteiger partial charge in [0, 0.05) is 36.2 Å². The second-order valence-electron chi connectivity index (χ2n) is 20.8. The normalized spacial score (nSPS) is 14.8. The summed E-state index contributed by atoms with van der Waals surface area (Å²) in [6, 6.07) is 87.3. The Bertz CT molecular complexity index is 5210. The van der Waals surface area contributed by atoms with Crippen LogP contribution in [0, 0.1) is 13.7 Å². The molecule has 15 aromatic rings. The number of hydrogen-bond donors (Lipinski definition) is 0. The SMILES string of the molecule is [2H]C([2H])([2H])c1cccc2c1nc1n(-c3ccc4c(c3)n3c5cccc(C([2H])([2H])[2H])c5nc3n4-c3cccc([Si](c4ccccc4)(c4ccccc4)c4cccc5c4Oc4ccccc4C54c5ccccc5Oc5ccccc54)c3)c3ccccc3n21. The lowest BCUT2D eigenvalue weighted by Gasteiger charge is -2.46. The topological polar surface area (TPSA) is 62.9 Å². The molecule has 80 heavy (non-hydrogen) atoms. The first-order valence-electron chi connectivity index (χ1n) is 29.8. The molecular weight excluding hydrogens is 997 g/mol. The van der Waals surface area contributed by atoms with Gasteiger partial charge in [-0.15, -0.1) is 0 Å². The molecule has 0 fully saturated rings. The van der Waals surface area contributed by atoms with E-state index >= 15 is 0 Å². The number of para-hydroxylation sites is 8. The molecule has 6 heterocycles. The molecular formula is C71H48N6O2Si. The molecule has 0 aliphatic carbocycles. The molecule has 378 valence electrons. The van der Waals surface area contributed by atoms with E-state index in [4.69, 9.17) is 27.7 Å². The zero-order valence-electron chi connectivity index (χ0n) is 48.7. The minimum atomic E-state index is -3.56. The van der Waals surface area contributed by atoms with Crippen LogP contribution in [0.15, 0.2) is 255 Å². The fourth-order valence-corrected chi connectivity index (χ4v) is 18.6. The van der Waals surface area contributed by atoms with E-state index in [-0.39, 0.29) is 11.1 Å². The number of benzene rings is 11. The lowest BCUT2D eigenvalue weighted by molar-refractivity contribution is 0.401. The number of ether oxygens (including phenoxy) is 2. The Kier molecular flexibility index (Phi) is 8.15. The molecule has 0 saturated carbocycles. The first kappa shape index (κ1) is 39.2. The predicted molar refractivity (Wildman–Crippen MR) is 324 cm³/mol. The van der Waals surface area contributed by atoms with E-state index in [0.717, 1.165) is 99.4 Å². The van der Waals surface area contributed by atoms with Crippen molar-refractivity contribution in [2.75, 3.05) is 0 Å². The highest BCUT2D eigenvalue weighted by molar-refractivity contribution is 7.20. The fraction of sp³-hybridized carbons (Fsp3) is 0.0423. The van der Waals surface area contributed by atoms with Gasteiger partial charge in [0.05, 0.1) is 55.2 Å². The van der Waals surface area contributed by atoms with Gasteiger partial charge in [-0.25, -0.2) is 9.97 Å². The summed E-state index contributed by atoms with van der Waals surface area (Å²) >= 11 is 0. The summed E-state index contributed by atoms with van der Waals surface area (Å²) < 4.78 is 74.2. The van der Waals surface area contributed by atoms with Gasteiger partial charge in [0.15, 0.2) is 8.07 Å². The number of aromatic nitrogens is 6. The monoisotopic (exact) mass is 1050 g/mol. The molecule has 0 radical (unpaired) electrons. The number of fused-ring (bicyclic) bond motifs is 18. The molecule has 2 aliphatic heterocycles. The summed E-state index contributed by atoms with van der Waals surface area (Å²) in [5, 5.41) is 4.42. The average molecular weight is 1050 g/mol.